The van der Waals surface area contributed by atoms with Gasteiger partial charge in [-0.05, 0) is 37.3 Å². The number of amides is 1. The van der Waals surface area contributed by atoms with Crippen molar-refractivity contribution in [3.05, 3.63) is 58.5 Å². The van der Waals surface area contributed by atoms with E-state index in [4.69, 9.17) is 13.9 Å². The summed E-state index contributed by atoms with van der Waals surface area (Å²) in [6.07, 6.45) is 6.86. The van der Waals surface area contributed by atoms with Crippen LogP contribution < -0.4 is 5.63 Å². The van der Waals surface area contributed by atoms with Crippen LogP contribution in [0.1, 0.15) is 29.6 Å². The third-order valence-electron chi connectivity index (χ3n) is 5.08. The van der Waals surface area contributed by atoms with Crippen molar-refractivity contribution in [3.8, 4) is 0 Å². The van der Waals surface area contributed by atoms with E-state index < -0.39 is 11.9 Å². The van der Waals surface area contributed by atoms with Crippen LogP contribution in [0.2, 0.25) is 0 Å². The second-order valence-corrected chi connectivity index (χ2v) is 7.02. The predicted octanol–water partition coefficient (Wildman–Crippen LogP) is 2.96. The van der Waals surface area contributed by atoms with E-state index in [-0.39, 0.29) is 11.5 Å². The molecule has 0 radical (unpaired) electrons. The first-order valence-electron chi connectivity index (χ1n) is 9.41. The predicted molar refractivity (Wildman–Crippen MR) is 101 cm³/mol. The van der Waals surface area contributed by atoms with E-state index in [2.05, 4.69) is 12.2 Å². The molecule has 1 atom stereocenters. The minimum absolute atomic E-state index is 0.0537. The Hall–Kier alpha value is -2.44. The summed E-state index contributed by atoms with van der Waals surface area (Å²) in [6.45, 7) is 1.93. The number of hydrogen-bond donors (Lipinski definition) is 0. The summed E-state index contributed by atoms with van der Waals surface area (Å²) < 4.78 is 16.4. The molecule has 1 saturated heterocycles. The van der Waals surface area contributed by atoms with Crippen LogP contribution in [0.4, 0.5) is 0 Å². The maximum Gasteiger partial charge on any atom is 0.349 e. The molecule has 4 rings (SSSR count). The van der Waals surface area contributed by atoms with E-state index in [9.17, 15) is 9.59 Å². The molecule has 1 aromatic carbocycles. The van der Waals surface area contributed by atoms with Crippen LogP contribution in [-0.2, 0) is 9.47 Å². The minimum Gasteiger partial charge on any atom is -0.422 e. The van der Waals surface area contributed by atoms with Crippen molar-refractivity contribution in [2.75, 3.05) is 26.3 Å². The smallest absolute Gasteiger partial charge is 0.349 e. The molecule has 0 unspecified atom stereocenters. The van der Waals surface area contributed by atoms with Gasteiger partial charge in [-0.2, -0.15) is 0 Å². The summed E-state index contributed by atoms with van der Waals surface area (Å²) in [6, 6.07) is 8.81. The quantitative estimate of drug-likeness (QED) is 0.599. The highest BCUT2D eigenvalue weighted by Gasteiger charge is 2.28. The van der Waals surface area contributed by atoms with Crippen molar-refractivity contribution in [1.29, 1.82) is 0 Å². The number of nitrogens with zero attached hydrogens (tertiary/aromatic N) is 1. The Morgan fingerprint density at radius 2 is 1.93 bits per heavy atom. The molecule has 2 heterocycles. The number of hydrogen-bond acceptors (Lipinski definition) is 5. The molecule has 27 heavy (non-hydrogen) atoms. The first-order valence-corrected chi connectivity index (χ1v) is 9.41. The van der Waals surface area contributed by atoms with E-state index in [1.807, 2.05) is 12.1 Å². The van der Waals surface area contributed by atoms with Gasteiger partial charge in [0, 0.05) is 11.9 Å². The lowest BCUT2D eigenvalue weighted by atomic mass is 9.93. The standard InChI is InChI=1S/C21H23NO5/c23-20(17-12-16-8-4-5-9-18(16)27-21(17)24)22(14-19-25-10-11-26-19)13-15-6-2-1-3-7-15/h1-2,4-5,8-9,12,15,19H,3,6-7,10-11,13-14H2/t15-/m1/s1. The van der Waals surface area contributed by atoms with Gasteiger partial charge in [0.15, 0.2) is 6.29 Å². The van der Waals surface area contributed by atoms with Gasteiger partial charge in [-0.3, -0.25) is 4.79 Å². The fourth-order valence-electron chi connectivity index (χ4n) is 3.65. The Labute approximate surface area is 157 Å². The van der Waals surface area contributed by atoms with Crippen molar-refractivity contribution >= 4 is 16.9 Å². The van der Waals surface area contributed by atoms with Crippen molar-refractivity contribution in [2.45, 2.75) is 25.6 Å². The molecule has 6 heteroatoms. The average Bonchev–Trinajstić information content (AvgIpc) is 3.20. The fourth-order valence-corrected chi connectivity index (χ4v) is 3.65. The molecule has 1 fully saturated rings. The van der Waals surface area contributed by atoms with Crippen LogP contribution in [-0.4, -0.2) is 43.4 Å². The van der Waals surface area contributed by atoms with Crippen LogP contribution in [0.3, 0.4) is 0 Å². The number of ether oxygens (including phenoxy) is 2. The summed E-state index contributed by atoms with van der Waals surface area (Å²) in [5.41, 5.74) is -0.0796. The Kier molecular flexibility index (Phi) is 5.36. The van der Waals surface area contributed by atoms with E-state index in [1.165, 1.54) is 0 Å². The molecular formula is C21H23NO5. The molecule has 0 spiro atoms. The Balaban J connectivity index is 1.61. The number of para-hydroxylation sites is 1. The Morgan fingerprint density at radius 3 is 2.70 bits per heavy atom. The highest BCUT2D eigenvalue weighted by molar-refractivity contribution is 5.96. The highest BCUT2D eigenvalue weighted by atomic mass is 16.7. The summed E-state index contributed by atoms with van der Waals surface area (Å²) in [4.78, 5) is 27.3. The van der Waals surface area contributed by atoms with Gasteiger partial charge < -0.3 is 18.8 Å². The number of benzene rings is 1. The van der Waals surface area contributed by atoms with Crippen molar-refractivity contribution in [1.82, 2.24) is 4.90 Å². The lowest BCUT2D eigenvalue weighted by molar-refractivity contribution is -0.0590. The molecule has 0 N–H and O–H groups in total. The van der Waals surface area contributed by atoms with Crippen LogP contribution in [0.5, 0.6) is 0 Å². The largest absolute Gasteiger partial charge is 0.422 e. The van der Waals surface area contributed by atoms with Crippen LogP contribution in [0.25, 0.3) is 11.0 Å². The van der Waals surface area contributed by atoms with Gasteiger partial charge >= 0.3 is 5.63 Å². The molecule has 2 aliphatic rings. The van der Waals surface area contributed by atoms with Gasteiger partial charge in [0.2, 0.25) is 0 Å². The third-order valence-corrected chi connectivity index (χ3v) is 5.08. The molecule has 1 amide bonds. The number of allylic oxidation sites excluding steroid dienone is 2. The normalized spacial score (nSPS) is 20.2. The third kappa shape index (κ3) is 4.12. The van der Waals surface area contributed by atoms with Gasteiger partial charge in [-0.1, -0.05) is 30.4 Å². The molecule has 0 saturated carbocycles. The lowest BCUT2D eigenvalue weighted by Crippen LogP contribution is -2.42. The van der Waals surface area contributed by atoms with E-state index >= 15 is 0 Å². The highest BCUT2D eigenvalue weighted by Crippen LogP contribution is 2.22. The maximum absolute atomic E-state index is 13.2. The molecule has 1 aromatic heterocycles. The lowest BCUT2D eigenvalue weighted by Gasteiger charge is -2.29. The zero-order chi connectivity index (χ0) is 18.6. The molecule has 1 aliphatic heterocycles. The SMILES string of the molecule is O=C(c1cc2ccccc2oc1=O)N(CC1OCCO1)C[C@@H]1CC=CCC1. The summed E-state index contributed by atoms with van der Waals surface area (Å²) in [5.74, 6) is 0.0380. The van der Waals surface area contributed by atoms with Crippen molar-refractivity contribution in [3.63, 3.8) is 0 Å². The Bertz CT molecular complexity index is 897. The molecule has 1 aliphatic carbocycles. The summed E-state index contributed by atoms with van der Waals surface area (Å²) in [5, 5.41) is 0.731. The first-order chi connectivity index (χ1) is 13.2. The topological polar surface area (TPSA) is 69.0 Å². The molecule has 142 valence electrons. The summed E-state index contributed by atoms with van der Waals surface area (Å²) in [7, 11) is 0. The zero-order valence-corrected chi connectivity index (χ0v) is 15.1. The number of carbonyl (C=O) groups excluding carboxylic acids is 1. The van der Waals surface area contributed by atoms with Gasteiger partial charge in [0.05, 0.1) is 19.8 Å². The van der Waals surface area contributed by atoms with Crippen molar-refractivity contribution < 1.29 is 18.7 Å². The second kappa shape index (κ2) is 8.06. The van der Waals surface area contributed by atoms with Gasteiger partial charge in [0.25, 0.3) is 5.91 Å². The monoisotopic (exact) mass is 369 g/mol. The van der Waals surface area contributed by atoms with E-state index in [1.54, 1.807) is 23.1 Å². The first kappa shape index (κ1) is 17.9. The second-order valence-electron chi connectivity index (χ2n) is 7.02. The molecule has 6 nitrogen and oxygen atoms in total. The van der Waals surface area contributed by atoms with Crippen LogP contribution >= 0.6 is 0 Å². The molecule has 0 bridgehead atoms. The number of fused-ring (bicyclic) bond motifs is 1. The average molecular weight is 369 g/mol. The van der Waals surface area contributed by atoms with E-state index in [0.29, 0.717) is 37.8 Å². The van der Waals surface area contributed by atoms with Crippen molar-refractivity contribution in [2.24, 2.45) is 5.92 Å². The van der Waals surface area contributed by atoms with Gasteiger partial charge in [-0.25, -0.2) is 4.79 Å². The zero-order valence-electron chi connectivity index (χ0n) is 15.1. The van der Waals surface area contributed by atoms with Gasteiger partial charge in [0.1, 0.15) is 11.1 Å². The maximum atomic E-state index is 13.2. The van der Waals surface area contributed by atoms with Gasteiger partial charge in [-0.15, -0.1) is 0 Å². The summed E-state index contributed by atoms with van der Waals surface area (Å²) >= 11 is 0. The molecular weight excluding hydrogens is 346 g/mol. The molecule has 2 aromatic rings. The van der Waals surface area contributed by atoms with Crippen LogP contribution in [0.15, 0.2) is 51.7 Å². The minimum atomic E-state index is -0.611. The number of rotatable bonds is 5. The fraction of sp³-hybridized carbons (Fsp3) is 0.429. The Morgan fingerprint density at radius 1 is 1.11 bits per heavy atom. The van der Waals surface area contributed by atoms with E-state index in [0.717, 1.165) is 24.6 Å². The van der Waals surface area contributed by atoms with Crippen LogP contribution in [0, 0.1) is 5.92 Å². The number of carbonyl (C=O) groups is 1.